The Balaban J connectivity index is 2.86. The predicted molar refractivity (Wildman–Crippen MR) is 97.8 cm³/mol. The number of carbonyl (C=O) groups excluding carboxylic acids is 4. The number of hydrogen-bond acceptors (Lipinski definition) is 7. The Kier molecular flexibility index (Phi) is 8.42. The maximum absolute atomic E-state index is 12.6. The minimum atomic E-state index is -1.13. The number of carbonyl (C=O) groups is 4. The molecule has 0 aliphatic heterocycles. The summed E-state index contributed by atoms with van der Waals surface area (Å²) in [7, 11) is 1.19. The minimum Gasteiger partial charge on any atom is -0.467 e. The quantitative estimate of drug-likeness (QED) is 0.418. The molecule has 11 nitrogen and oxygen atoms in total. The third-order valence-corrected chi connectivity index (χ3v) is 3.47. The molecular formula is C17H27N5O6. The fourth-order valence-corrected chi connectivity index (χ4v) is 2.23. The Morgan fingerprint density at radius 1 is 1.21 bits per heavy atom. The zero-order valence-electron chi connectivity index (χ0n) is 16.4. The fraction of sp³-hybridized carbons (Fsp3) is 0.588. The Labute approximate surface area is 162 Å². The number of nitrogens with two attached hydrogens (primary N) is 1. The van der Waals surface area contributed by atoms with E-state index in [4.69, 9.17) is 15.2 Å². The van der Waals surface area contributed by atoms with Crippen LogP contribution >= 0.6 is 0 Å². The second-order valence-electron chi connectivity index (χ2n) is 7.07. The topological polar surface area (TPSA) is 165 Å². The van der Waals surface area contributed by atoms with Gasteiger partial charge in [-0.3, -0.25) is 9.59 Å². The number of aromatic nitrogens is 2. The molecule has 0 aromatic carbocycles. The third kappa shape index (κ3) is 8.52. The zero-order valence-corrected chi connectivity index (χ0v) is 16.4. The van der Waals surface area contributed by atoms with Crippen molar-refractivity contribution in [1.82, 2.24) is 20.6 Å². The van der Waals surface area contributed by atoms with Crippen molar-refractivity contribution in [3.8, 4) is 0 Å². The molecule has 11 heteroatoms. The number of esters is 1. The van der Waals surface area contributed by atoms with Crippen molar-refractivity contribution < 1.29 is 28.7 Å². The first-order valence-electron chi connectivity index (χ1n) is 8.65. The second kappa shape index (κ2) is 10.3. The van der Waals surface area contributed by atoms with E-state index in [9.17, 15) is 19.2 Å². The summed E-state index contributed by atoms with van der Waals surface area (Å²) >= 11 is 0. The van der Waals surface area contributed by atoms with Gasteiger partial charge in [0, 0.05) is 24.7 Å². The standard InChI is InChI=1S/C17H27N5O6/c1-17(2,3)28-16(26)22-11(5-6-13(18)23)14(24)21-12(15(25)27-4)7-10-8-19-9-20-10/h8-9,11-12H,5-7H2,1-4H3,(H2,18,23)(H,19,20)(H,21,24)(H,22,26)/t11-,12-/m0/s1. The lowest BCUT2D eigenvalue weighted by atomic mass is 10.1. The van der Waals surface area contributed by atoms with E-state index < -0.39 is 41.6 Å². The van der Waals surface area contributed by atoms with Crippen molar-refractivity contribution in [1.29, 1.82) is 0 Å². The van der Waals surface area contributed by atoms with E-state index in [0.29, 0.717) is 5.69 Å². The van der Waals surface area contributed by atoms with Crippen LogP contribution in [0.2, 0.25) is 0 Å². The van der Waals surface area contributed by atoms with Gasteiger partial charge in [0.05, 0.1) is 13.4 Å². The van der Waals surface area contributed by atoms with Crippen LogP contribution in [-0.2, 0) is 30.3 Å². The highest BCUT2D eigenvalue weighted by Crippen LogP contribution is 2.08. The molecule has 1 aromatic rings. The Morgan fingerprint density at radius 2 is 1.89 bits per heavy atom. The molecule has 28 heavy (non-hydrogen) atoms. The molecule has 0 radical (unpaired) electrons. The molecule has 1 heterocycles. The first-order chi connectivity index (χ1) is 13.0. The van der Waals surface area contributed by atoms with E-state index in [1.165, 1.54) is 19.6 Å². The van der Waals surface area contributed by atoms with Crippen LogP contribution in [0.25, 0.3) is 0 Å². The van der Waals surface area contributed by atoms with Crippen LogP contribution in [0.3, 0.4) is 0 Å². The lowest BCUT2D eigenvalue weighted by Crippen LogP contribution is -2.53. The number of primary amides is 1. The normalized spacial score (nSPS) is 13.1. The summed E-state index contributed by atoms with van der Waals surface area (Å²) < 4.78 is 9.85. The van der Waals surface area contributed by atoms with E-state index >= 15 is 0 Å². The zero-order chi connectivity index (χ0) is 21.3. The predicted octanol–water partition coefficient (Wildman–Crippen LogP) is -0.231. The molecule has 156 valence electrons. The highest BCUT2D eigenvalue weighted by atomic mass is 16.6. The number of imidazole rings is 1. The third-order valence-electron chi connectivity index (χ3n) is 3.47. The summed E-state index contributed by atoms with van der Waals surface area (Å²) in [5.74, 6) is -1.98. The van der Waals surface area contributed by atoms with Gasteiger partial charge in [0.25, 0.3) is 0 Å². The van der Waals surface area contributed by atoms with Crippen molar-refractivity contribution in [2.45, 2.75) is 57.7 Å². The number of aromatic amines is 1. The highest BCUT2D eigenvalue weighted by Gasteiger charge is 2.29. The summed E-state index contributed by atoms with van der Waals surface area (Å²) in [6, 6.07) is -2.15. The molecular weight excluding hydrogens is 370 g/mol. The van der Waals surface area contributed by atoms with Crippen LogP contribution in [0, 0.1) is 0 Å². The van der Waals surface area contributed by atoms with Crippen molar-refractivity contribution in [3.05, 3.63) is 18.2 Å². The van der Waals surface area contributed by atoms with Crippen molar-refractivity contribution in [3.63, 3.8) is 0 Å². The number of nitrogens with one attached hydrogen (secondary N) is 3. The first-order valence-corrected chi connectivity index (χ1v) is 8.65. The van der Waals surface area contributed by atoms with E-state index in [1.54, 1.807) is 20.8 Å². The molecule has 0 spiro atoms. The largest absolute Gasteiger partial charge is 0.467 e. The molecule has 2 atom stereocenters. The average Bonchev–Trinajstić information content (AvgIpc) is 3.08. The Morgan fingerprint density at radius 3 is 2.39 bits per heavy atom. The molecule has 0 aliphatic carbocycles. The molecule has 3 amide bonds. The van der Waals surface area contributed by atoms with Gasteiger partial charge in [0.1, 0.15) is 17.7 Å². The summed E-state index contributed by atoms with van der Waals surface area (Å²) in [4.78, 5) is 54.4. The minimum absolute atomic E-state index is 0.0572. The molecule has 0 unspecified atom stereocenters. The number of hydrogen-bond donors (Lipinski definition) is 4. The number of nitrogens with zero attached hydrogens (tertiary/aromatic N) is 1. The van der Waals surface area contributed by atoms with Crippen LogP contribution in [0.15, 0.2) is 12.5 Å². The number of rotatable bonds is 9. The fourth-order valence-electron chi connectivity index (χ4n) is 2.23. The van der Waals surface area contributed by atoms with Gasteiger partial charge in [-0.05, 0) is 27.2 Å². The van der Waals surface area contributed by atoms with E-state index in [-0.39, 0.29) is 19.3 Å². The van der Waals surface area contributed by atoms with Crippen molar-refractivity contribution in [2.75, 3.05) is 7.11 Å². The number of amides is 3. The SMILES string of the molecule is COC(=O)[C@H](Cc1cnc[nH]1)NC(=O)[C@H](CCC(N)=O)NC(=O)OC(C)(C)C. The van der Waals surface area contributed by atoms with Gasteiger partial charge in [0.15, 0.2) is 0 Å². The smallest absolute Gasteiger partial charge is 0.408 e. The van der Waals surface area contributed by atoms with E-state index in [2.05, 4.69) is 20.6 Å². The summed E-state index contributed by atoms with van der Waals surface area (Å²) in [6.07, 6.45) is 2.01. The summed E-state index contributed by atoms with van der Waals surface area (Å²) in [6.45, 7) is 5.01. The van der Waals surface area contributed by atoms with Gasteiger partial charge < -0.3 is 30.8 Å². The molecule has 1 aromatic heterocycles. The van der Waals surface area contributed by atoms with Gasteiger partial charge in [-0.15, -0.1) is 0 Å². The molecule has 0 aliphatic rings. The molecule has 0 saturated carbocycles. The van der Waals surface area contributed by atoms with Gasteiger partial charge in [0.2, 0.25) is 11.8 Å². The monoisotopic (exact) mass is 397 g/mol. The second-order valence-corrected chi connectivity index (χ2v) is 7.07. The molecule has 5 N–H and O–H groups in total. The lowest BCUT2D eigenvalue weighted by molar-refractivity contribution is -0.145. The number of alkyl carbamates (subject to hydrolysis) is 1. The molecule has 1 rings (SSSR count). The Hall–Kier alpha value is -3.11. The summed E-state index contributed by atoms with van der Waals surface area (Å²) in [5.41, 5.74) is 4.96. The maximum atomic E-state index is 12.6. The number of methoxy groups -OCH3 is 1. The maximum Gasteiger partial charge on any atom is 0.408 e. The van der Waals surface area contributed by atoms with Crippen LogP contribution in [0.1, 0.15) is 39.3 Å². The van der Waals surface area contributed by atoms with Crippen LogP contribution in [0.5, 0.6) is 0 Å². The molecule has 0 saturated heterocycles. The van der Waals surface area contributed by atoms with Gasteiger partial charge in [-0.2, -0.15) is 0 Å². The van der Waals surface area contributed by atoms with E-state index in [0.717, 1.165) is 0 Å². The number of H-pyrrole nitrogens is 1. The van der Waals surface area contributed by atoms with Crippen molar-refractivity contribution >= 4 is 23.9 Å². The first kappa shape index (κ1) is 22.9. The lowest BCUT2D eigenvalue weighted by Gasteiger charge is -2.24. The van der Waals surface area contributed by atoms with Crippen LogP contribution in [-0.4, -0.2) is 58.6 Å². The van der Waals surface area contributed by atoms with Crippen LogP contribution in [0.4, 0.5) is 4.79 Å². The molecule has 0 bridgehead atoms. The van der Waals surface area contributed by atoms with Crippen LogP contribution < -0.4 is 16.4 Å². The average molecular weight is 397 g/mol. The van der Waals surface area contributed by atoms with E-state index in [1.807, 2.05) is 0 Å². The number of ether oxygens (including phenoxy) is 2. The summed E-state index contributed by atoms with van der Waals surface area (Å²) in [5, 5.41) is 4.91. The highest BCUT2D eigenvalue weighted by molar-refractivity contribution is 5.90. The van der Waals surface area contributed by atoms with Crippen molar-refractivity contribution in [2.24, 2.45) is 5.73 Å². The molecule has 0 fully saturated rings. The Bertz CT molecular complexity index is 683. The van der Waals surface area contributed by atoms with Gasteiger partial charge in [-0.25, -0.2) is 14.6 Å². The van der Waals surface area contributed by atoms with Gasteiger partial charge >= 0.3 is 12.1 Å². The van der Waals surface area contributed by atoms with Gasteiger partial charge in [-0.1, -0.05) is 0 Å².